The molecule has 0 spiro atoms. The van der Waals surface area contributed by atoms with Gasteiger partial charge < -0.3 is 15.5 Å². The molecule has 0 amide bonds. The van der Waals surface area contributed by atoms with Crippen LogP contribution in [0.25, 0.3) is 0 Å². The number of Topliss-reactive ketones (excluding diaryl/α,β-unsaturated/α-hetero) is 1. The molecule has 1 heterocycles. The third-order valence-corrected chi connectivity index (χ3v) is 6.57. The standard InChI is InChI=1S/C16H21NO3.C14H13NO2.C2H6/c1-2-12-7-9-17(10-8-12)11-15(18)13-3-5-14(6-4-13)16(19)20;16-14(17)13(11-7-3-1-4-8-11)15-12-9-5-2-6-10-12;1-2/h3-6,12H,2,7-11H2,1H3,(H,19,20);1-10,13,15H,(H,16,17);1-2H3/t;13-;/m.1./s1. The summed E-state index contributed by atoms with van der Waals surface area (Å²) in [7, 11) is 0. The maximum atomic E-state index is 12.2. The largest absolute Gasteiger partial charge is 0.479 e. The second-order valence-corrected chi connectivity index (χ2v) is 9.13. The molecule has 7 nitrogen and oxygen atoms in total. The number of carboxylic acid groups (broad SMARTS) is 2. The topological polar surface area (TPSA) is 107 Å². The molecule has 1 atom stereocenters. The molecular formula is C32H40N2O5. The molecule has 39 heavy (non-hydrogen) atoms. The summed E-state index contributed by atoms with van der Waals surface area (Å²) >= 11 is 0. The number of ketones is 1. The van der Waals surface area contributed by atoms with Crippen molar-refractivity contribution < 1.29 is 24.6 Å². The van der Waals surface area contributed by atoms with E-state index in [2.05, 4.69) is 17.1 Å². The number of carbonyl (C=O) groups excluding carboxylic acids is 1. The number of anilines is 1. The normalized spacial score (nSPS) is 14.0. The zero-order chi connectivity index (χ0) is 28.6. The number of carboxylic acids is 2. The number of nitrogens with one attached hydrogen (secondary N) is 1. The minimum absolute atomic E-state index is 0.0666. The lowest BCUT2D eigenvalue weighted by Gasteiger charge is -2.30. The smallest absolute Gasteiger partial charge is 0.335 e. The predicted octanol–water partition coefficient (Wildman–Crippen LogP) is 6.64. The molecular weight excluding hydrogens is 492 g/mol. The highest BCUT2D eigenvalue weighted by Crippen LogP contribution is 2.21. The van der Waals surface area contributed by atoms with Crippen LogP contribution in [-0.4, -0.2) is 52.5 Å². The predicted molar refractivity (Wildman–Crippen MR) is 155 cm³/mol. The van der Waals surface area contributed by atoms with Gasteiger partial charge in [-0.25, -0.2) is 9.59 Å². The first-order chi connectivity index (χ1) is 18.9. The number of nitrogens with zero attached hydrogens (tertiary/aromatic N) is 1. The fourth-order valence-electron chi connectivity index (χ4n) is 4.28. The van der Waals surface area contributed by atoms with Crippen molar-refractivity contribution in [1.82, 2.24) is 4.90 Å². The summed E-state index contributed by atoms with van der Waals surface area (Å²) in [6, 6.07) is 23.9. The van der Waals surface area contributed by atoms with Crippen LogP contribution in [0.1, 0.15) is 72.4 Å². The molecule has 0 aliphatic carbocycles. The van der Waals surface area contributed by atoms with E-state index in [1.54, 1.807) is 24.3 Å². The van der Waals surface area contributed by atoms with E-state index < -0.39 is 18.0 Å². The summed E-state index contributed by atoms with van der Waals surface area (Å²) in [4.78, 5) is 36.4. The Morgan fingerprint density at radius 3 is 1.82 bits per heavy atom. The second kappa shape index (κ2) is 16.8. The summed E-state index contributed by atoms with van der Waals surface area (Å²) in [5.41, 5.74) is 2.34. The number of aliphatic carboxylic acids is 1. The van der Waals surface area contributed by atoms with Gasteiger partial charge in [-0.3, -0.25) is 9.69 Å². The van der Waals surface area contributed by atoms with Crippen molar-refractivity contribution in [3.63, 3.8) is 0 Å². The molecule has 1 saturated heterocycles. The maximum absolute atomic E-state index is 12.2. The first-order valence-corrected chi connectivity index (χ1v) is 13.6. The van der Waals surface area contributed by atoms with Crippen LogP contribution < -0.4 is 5.32 Å². The molecule has 3 N–H and O–H groups in total. The Labute approximate surface area is 231 Å². The zero-order valence-corrected chi connectivity index (χ0v) is 23.0. The van der Waals surface area contributed by atoms with Gasteiger partial charge >= 0.3 is 11.9 Å². The van der Waals surface area contributed by atoms with Crippen LogP contribution in [0.2, 0.25) is 0 Å². The fraction of sp³-hybridized carbons (Fsp3) is 0.344. The number of piperidine rings is 1. The van der Waals surface area contributed by atoms with Gasteiger partial charge in [0.25, 0.3) is 0 Å². The average Bonchev–Trinajstić information content (AvgIpc) is 2.98. The third kappa shape index (κ3) is 10.4. The molecule has 3 aromatic rings. The van der Waals surface area contributed by atoms with E-state index in [0.29, 0.717) is 12.1 Å². The van der Waals surface area contributed by atoms with Gasteiger partial charge in [-0.05, 0) is 61.7 Å². The van der Waals surface area contributed by atoms with Gasteiger partial charge in [-0.1, -0.05) is 87.9 Å². The number of carbonyl (C=O) groups is 3. The highest BCUT2D eigenvalue weighted by Gasteiger charge is 2.20. The monoisotopic (exact) mass is 532 g/mol. The van der Waals surface area contributed by atoms with Crippen molar-refractivity contribution in [3.05, 3.63) is 102 Å². The minimum atomic E-state index is -0.967. The molecule has 4 rings (SSSR count). The van der Waals surface area contributed by atoms with Crippen molar-refractivity contribution in [1.29, 1.82) is 0 Å². The molecule has 0 radical (unpaired) electrons. The van der Waals surface area contributed by atoms with Crippen LogP contribution >= 0.6 is 0 Å². The number of rotatable bonds is 9. The SMILES string of the molecule is CC.CCC1CCN(CC(=O)c2ccc(C(=O)O)cc2)CC1.O=C(O)[C@H](Nc1ccccc1)c1ccccc1. The molecule has 0 saturated carbocycles. The van der Waals surface area contributed by atoms with Crippen LogP contribution in [0, 0.1) is 5.92 Å². The van der Waals surface area contributed by atoms with Crippen LogP contribution in [0.3, 0.4) is 0 Å². The van der Waals surface area contributed by atoms with Crippen molar-refractivity contribution >= 4 is 23.4 Å². The molecule has 1 aliphatic heterocycles. The van der Waals surface area contributed by atoms with Gasteiger partial charge in [-0.2, -0.15) is 0 Å². The number of benzene rings is 3. The number of aromatic carboxylic acids is 1. The Balaban J connectivity index is 0.000000260. The first kappa shape index (κ1) is 31.2. The Hall–Kier alpha value is -3.97. The third-order valence-electron chi connectivity index (χ3n) is 6.57. The van der Waals surface area contributed by atoms with E-state index in [4.69, 9.17) is 5.11 Å². The summed E-state index contributed by atoms with van der Waals surface area (Å²) in [5, 5.41) is 21.1. The van der Waals surface area contributed by atoms with Crippen molar-refractivity contribution in [2.24, 2.45) is 5.92 Å². The lowest BCUT2D eigenvalue weighted by Crippen LogP contribution is -2.37. The van der Waals surface area contributed by atoms with Crippen LogP contribution in [0.5, 0.6) is 0 Å². The average molecular weight is 533 g/mol. The number of likely N-dealkylation sites (tertiary alicyclic amines) is 1. The summed E-state index contributed by atoms with van der Waals surface area (Å²) in [6.45, 7) is 8.62. The lowest BCUT2D eigenvalue weighted by atomic mass is 9.94. The molecule has 1 aliphatic rings. The van der Waals surface area contributed by atoms with Crippen molar-refractivity contribution in [2.45, 2.75) is 46.1 Å². The van der Waals surface area contributed by atoms with Gasteiger partial charge in [0.05, 0.1) is 12.1 Å². The van der Waals surface area contributed by atoms with E-state index in [1.165, 1.54) is 31.4 Å². The quantitative estimate of drug-likeness (QED) is 0.265. The lowest BCUT2D eigenvalue weighted by molar-refractivity contribution is -0.138. The van der Waals surface area contributed by atoms with Crippen LogP contribution in [0.4, 0.5) is 5.69 Å². The van der Waals surface area contributed by atoms with E-state index in [-0.39, 0.29) is 11.3 Å². The highest BCUT2D eigenvalue weighted by atomic mass is 16.4. The van der Waals surface area contributed by atoms with Crippen LogP contribution in [0.15, 0.2) is 84.9 Å². The molecule has 0 bridgehead atoms. The van der Waals surface area contributed by atoms with E-state index in [0.717, 1.165) is 30.3 Å². The van der Waals surface area contributed by atoms with Gasteiger partial charge in [0.1, 0.15) is 0 Å². The molecule has 0 unspecified atom stereocenters. The van der Waals surface area contributed by atoms with E-state index in [1.807, 2.05) is 62.4 Å². The van der Waals surface area contributed by atoms with Gasteiger partial charge in [0, 0.05) is 11.3 Å². The molecule has 208 valence electrons. The molecule has 1 fully saturated rings. The van der Waals surface area contributed by atoms with E-state index in [9.17, 15) is 19.5 Å². The van der Waals surface area contributed by atoms with Gasteiger partial charge in [0.2, 0.25) is 0 Å². The van der Waals surface area contributed by atoms with Crippen molar-refractivity contribution in [2.75, 3.05) is 25.0 Å². The Bertz CT molecular complexity index is 1140. The first-order valence-electron chi connectivity index (χ1n) is 13.6. The summed E-state index contributed by atoms with van der Waals surface area (Å²) in [6.07, 6.45) is 3.56. The Morgan fingerprint density at radius 1 is 0.821 bits per heavy atom. The second-order valence-electron chi connectivity index (χ2n) is 9.13. The molecule has 3 aromatic carbocycles. The number of hydrogen-bond acceptors (Lipinski definition) is 5. The minimum Gasteiger partial charge on any atom is -0.479 e. The van der Waals surface area contributed by atoms with Gasteiger partial charge in [0.15, 0.2) is 11.8 Å². The maximum Gasteiger partial charge on any atom is 0.335 e. The van der Waals surface area contributed by atoms with Gasteiger partial charge in [-0.15, -0.1) is 0 Å². The summed E-state index contributed by atoms with van der Waals surface area (Å²) in [5.74, 6) is -0.987. The Morgan fingerprint density at radius 2 is 1.33 bits per heavy atom. The Kier molecular flexibility index (Phi) is 13.4. The summed E-state index contributed by atoms with van der Waals surface area (Å²) < 4.78 is 0. The van der Waals surface area contributed by atoms with Crippen molar-refractivity contribution in [3.8, 4) is 0 Å². The fourth-order valence-corrected chi connectivity index (χ4v) is 4.28. The van der Waals surface area contributed by atoms with Crippen LogP contribution in [-0.2, 0) is 4.79 Å². The van der Waals surface area contributed by atoms with E-state index >= 15 is 0 Å². The number of para-hydroxylation sites is 1. The molecule has 7 heteroatoms. The molecule has 0 aromatic heterocycles. The zero-order valence-electron chi connectivity index (χ0n) is 23.0. The number of hydrogen-bond donors (Lipinski definition) is 3. The highest BCUT2D eigenvalue weighted by molar-refractivity contribution is 5.98.